The van der Waals surface area contributed by atoms with Crippen molar-refractivity contribution in [2.75, 3.05) is 13.7 Å². The highest BCUT2D eigenvalue weighted by molar-refractivity contribution is 5.91. The van der Waals surface area contributed by atoms with Crippen molar-refractivity contribution in [1.29, 1.82) is 0 Å². The number of hydrogen-bond donors (Lipinski definition) is 2. The standard InChI is InChI=1S/C14H15N3O4/c1-15-13(18)12-5-6-17(16-12)7-8-21-11-4-2-3-10(9-11)14(19)20/h2-6,9H,7-8H2,1H3,(H,15,18)(H,19,20). The fourth-order valence-corrected chi connectivity index (χ4v) is 1.71. The molecule has 2 aromatic rings. The summed E-state index contributed by atoms with van der Waals surface area (Å²) in [6, 6.07) is 7.88. The maximum Gasteiger partial charge on any atom is 0.335 e. The van der Waals surface area contributed by atoms with Crippen LogP contribution in [0.25, 0.3) is 0 Å². The van der Waals surface area contributed by atoms with Gasteiger partial charge in [-0.2, -0.15) is 5.10 Å². The third-order valence-corrected chi connectivity index (χ3v) is 2.77. The van der Waals surface area contributed by atoms with Crippen LogP contribution in [0.3, 0.4) is 0 Å². The van der Waals surface area contributed by atoms with Gasteiger partial charge in [0.1, 0.15) is 18.1 Å². The van der Waals surface area contributed by atoms with Gasteiger partial charge in [-0.15, -0.1) is 0 Å². The van der Waals surface area contributed by atoms with Gasteiger partial charge < -0.3 is 15.2 Å². The molecular weight excluding hydrogens is 274 g/mol. The second-order valence-corrected chi connectivity index (χ2v) is 4.22. The third kappa shape index (κ3) is 3.82. The molecule has 0 aliphatic rings. The highest BCUT2D eigenvalue weighted by Gasteiger charge is 2.07. The topological polar surface area (TPSA) is 93.5 Å². The lowest BCUT2D eigenvalue weighted by Crippen LogP contribution is -2.19. The first kappa shape index (κ1) is 14.6. The van der Waals surface area contributed by atoms with Gasteiger partial charge in [0.25, 0.3) is 5.91 Å². The van der Waals surface area contributed by atoms with E-state index < -0.39 is 5.97 Å². The van der Waals surface area contributed by atoms with Crippen LogP contribution in [0.4, 0.5) is 0 Å². The molecule has 1 aromatic heterocycles. The Morgan fingerprint density at radius 1 is 1.38 bits per heavy atom. The predicted molar refractivity (Wildman–Crippen MR) is 74.5 cm³/mol. The maximum absolute atomic E-state index is 11.3. The number of aromatic nitrogens is 2. The van der Waals surface area contributed by atoms with Crippen molar-refractivity contribution in [2.45, 2.75) is 6.54 Å². The first-order valence-corrected chi connectivity index (χ1v) is 6.32. The summed E-state index contributed by atoms with van der Waals surface area (Å²) in [5.74, 6) is -0.764. The Kier molecular flexibility index (Phi) is 4.55. The molecule has 1 heterocycles. The molecule has 0 aliphatic carbocycles. The molecule has 7 nitrogen and oxygen atoms in total. The molecule has 0 saturated carbocycles. The maximum atomic E-state index is 11.3. The molecular formula is C14H15N3O4. The van der Waals surface area contributed by atoms with Crippen LogP contribution in [0, 0.1) is 0 Å². The Morgan fingerprint density at radius 3 is 2.90 bits per heavy atom. The van der Waals surface area contributed by atoms with Crippen molar-refractivity contribution in [3.05, 3.63) is 47.8 Å². The van der Waals surface area contributed by atoms with E-state index >= 15 is 0 Å². The van der Waals surface area contributed by atoms with Crippen molar-refractivity contribution in [2.24, 2.45) is 0 Å². The molecule has 0 saturated heterocycles. The van der Waals surface area contributed by atoms with Crippen LogP contribution in [-0.2, 0) is 6.54 Å². The molecule has 0 atom stereocenters. The molecule has 0 aliphatic heterocycles. The Labute approximate surface area is 121 Å². The van der Waals surface area contributed by atoms with Gasteiger partial charge in [-0.25, -0.2) is 4.79 Å². The summed E-state index contributed by atoms with van der Waals surface area (Å²) in [4.78, 5) is 22.2. The van der Waals surface area contributed by atoms with E-state index in [9.17, 15) is 9.59 Å². The van der Waals surface area contributed by atoms with E-state index in [0.29, 0.717) is 24.6 Å². The van der Waals surface area contributed by atoms with E-state index in [0.717, 1.165) is 0 Å². The quantitative estimate of drug-likeness (QED) is 0.828. The summed E-state index contributed by atoms with van der Waals surface area (Å²) in [6.07, 6.45) is 1.68. The van der Waals surface area contributed by atoms with E-state index in [1.807, 2.05) is 0 Å². The molecule has 110 valence electrons. The zero-order valence-corrected chi connectivity index (χ0v) is 11.4. The number of amides is 1. The van der Waals surface area contributed by atoms with E-state index in [1.165, 1.54) is 12.1 Å². The number of rotatable bonds is 6. The van der Waals surface area contributed by atoms with Gasteiger partial charge in [0.2, 0.25) is 0 Å². The molecule has 2 N–H and O–H groups in total. The van der Waals surface area contributed by atoms with Crippen LogP contribution in [0.2, 0.25) is 0 Å². The number of carboxylic acid groups (broad SMARTS) is 1. The first-order chi connectivity index (χ1) is 10.1. The van der Waals surface area contributed by atoms with Crippen LogP contribution < -0.4 is 10.1 Å². The summed E-state index contributed by atoms with van der Waals surface area (Å²) in [7, 11) is 1.54. The van der Waals surface area contributed by atoms with Crippen molar-refractivity contribution in [3.63, 3.8) is 0 Å². The third-order valence-electron chi connectivity index (χ3n) is 2.77. The van der Waals surface area contributed by atoms with Crippen molar-refractivity contribution < 1.29 is 19.4 Å². The molecule has 1 amide bonds. The molecule has 21 heavy (non-hydrogen) atoms. The van der Waals surface area contributed by atoms with Gasteiger partial charge in [-0.05, 0) is 24.3 Å². The number of ether oxygens (including phenoxy) is 1. The molecule has 7 heteroatoms. The van der Waals surface area contributed by atoms with Gasteiger partial charge >= 0.3 is 5.97 Å². The lowest BCUT2D eigenvalue weighted by molar-refractivity contribution is 0.0696. The van der Waals surface area contributed by atoms with E-state index in [-0.39, 0.29) is 11.5 Å². The minimum absolute atomic E-state index is 0.175. The highest BCUT2D eigenvalue weighted by atomic mass is 16.5. The average Bonchev–Trinajstić information content (AvgIpc) is 2.95. The number of aromatic carboxylic acids is 1. The second-order valence-electron chi connectivity index (χ2n) is 4.22. The molecule has 1 aromatic carbocycles. The number of nitrogens with one attached hydrogen (secondary N) is 1. The molecule has 0 bridgehead atoms. The number of carbonyl (C=O) groups is 2. The second kappa shape index (κ2) is 6.56. The lowest BCUT2D eigenvalue weighted by Gasteiger charge is -2.07. The number of nitrogens with zero attached hydrogens (tertiary/aromatic N) is 2. The smallest absolute Gasteiger partial charge is 0.335 e. The van der Waals surface area contributed by atoms with Gasteiger partial charge in [0, 0.05) is 13.2 Å². The largest absolute Gasteiger partial charge is 0.492 e. The van der Waals surface area contributed by atoms with Gasteiger partial charge in [0.15, 0.2) is 0 Å². The van der Waals surface area contributed by atoms with E-state index in [1.54, 1.807) is 36.1 Å². The lowest BCUT2D eigenvalue weighted by atomic mass is 10.2. The van der Waals surface area contributed by atoms with Crippen LogP contribution >= 0.6 is 0 Å². The molecule has 0 radical (unpaired) electrons. The Hall–Kier alpha value is -2.83. The summed E-state index contributed by atoms with van der Waals surface area (Å²) in [5, 5.41) is 15.5. The fourth-order valence-electron chi connectivity index (χ4n) is 1.71. The Balaban J connectivity index is 1.89. The van der Waals surface area contributed by atoms with Gasteiger partial charge in [0.05, 0.1) is 12.1 Å². The fraction of sp³-hybridized carbons (Fsp3) is 0.214. The van der Waals surface area contributed by atoms with Crippen LogP contribution in [0.1, 0.15) is 20.8 Å². The summed E-state index contributed by atoms with van der Waals surface area (Å²) >= 11 is 0. The van der Waals surface area contributed by atoms with Crippen molar-refractivity contribution in [1.82, 2.24) is 15.1 Å². The summed E-state index contributed by atoms with van der Waals surface area (Å²) in [5.41, 5.74) is 0.513. The number of carboxylic acids is 1. The normalized spacial score (nSPS) is 10.1. The number of hydrogen-bond acceptors (Lipinski definition) is 4. The molecule has 2 rings (SSSR count). The van der Waals surface area contributed by atoms with Gasteiger partial charge in [-0.3, -0.25) is 9.48 Å². The molecule has 0 spiro atoms. The minimum Gasteiger partial charge on any atom is -0.492 e. The monoisotopic (exact) mass is 289 g/mol. The first-order valence-electron chi connectivity index (χ1n) is 6.32. The average molecular weight is 289 g/mol. The SMILES string of the molecule is CNC(=O)c1ccn(CCOc2cccc(C(=O)O)c2)n1. The van der Waals surface area contributed by atoms with Crippen LogP contribution in [0.5, 0.6) is 5.75 Å². The summed E-state index contributed by atoms with van der Waals surface area (Å²) in [6.45, 7) is 0.770. The number of benzene rings is 1. The molecule has 0 unspecified atom stereocenters. The Morgan fingerprint density at radius 2 is 2.19 bits per heavy atom. The number of carbonyl (C=O) groups excluding carboxylic acids is 1. The zero-order chi connectivity index (χ0) is 15.2. The Bertz CT molecular complexity index is 651. The zero-order valence-electron chi connectivity index (χ0n) is 11.4. The highest BCUT2D eigenvalue weighted by Crippen LogP contribution is 2.13. The van der Waals surface area contributed by atoms with Crippen LogP contribution in [-0.4, -0.2) is 40.4 Å². The van der Waals surface area contributed by atoms with Crippen molar-refractivity contribution >= 4 is 11.9 Å². The van der Waals surface area contributed by atoms with Gasteiger partial charge in [-0.1, -0.05) is 6.07 Å². The van der Waals surface area contributed by atoms with E-state index in [2.05, 4.69) is 10.4 Å². The minimum atomic E-state index is -0.997. The molecule has 0 fully saturated rings. The van der Waals surface area contributed by atoms with Crippen LogP contribution in [0.15, 0.2) is 36.5 Å². The summed E-state index contributed by atoms with van der Waals surface area (Å²) < 4.78 is 7.06. The van der Waals surface area contributed by atoms with Crippen molar-refractivity contribution in [3.8, 4) is 5.75 Å². The predicted octanol–water partition coefficient (Wildman–Crippen LogP) is 1.02. The van der Waals surface area contributed by atoms with E-state index in [4.69, 9.17) is 9.84 Å².